The molecule has 98 valence electrons. The van der Waals surface area contributed by atoms with Gasteiger partial charge >= 0.3 is 5.97 Å². The van der Waals surface area contributed by atoms with Gasteiger partial charge in [0.1, 0.15) is 0 Å². The third kappa shape index (κ3) is 2.84. The van der Waals surface area contributed by atoms with Gasteiger partial charge in [-0.2, -0.15) is 0 Å². The van der Waals surface area contributed by atoms with E-state index in [4.69, 9.17) is 9.84 Å². The highest BCUT2D eigenvalue weighted by Crippen LogP contribution is 2.30. The number of methoxy groups -OCH3 is 1. The molecule has 0 spiro atoms. The summed E-state index contributed by atoms with van der Waals surface area (Å²) in [4.78, 5) is 13.1. The molecule has 18 heavy (non-hydrogen) atoms. The Balaban J connectivity index is 2.12. The van der Waals surface area contributed by atoms with E-state index in [1.165, 1.54) is 0 Å². The summed E-state index contributed by atoms with van der Waals surface area (Å²) in [5.41, 5.74) is 1.35. The zero-order valence-corrected chi connectivity index (χ0v) is 11.8. The molecule has 1 saturated heterocycles. The maximum atomic E-state index is 10.9. The van der Waals surface area contributed by atoms with Crippen molar-refractivity contribution in [2.45, 2.75) is 18.9 Å². The molecule has 4 nitrogen and oxygen atoms in total. The van der Waals surface area contributed by atoms with E-state index in [1.807, 2.05) is 6.07 Å². The summed E-state index contributed by atoms with van der Waals surface area (Å²) in [6, 6.07) is 5.16. The molecular formula is C13H16BrNO3. The molecular weight excluding hydrogens is 298 g/mol. The molecule has 0 saturated carbocycles. The van der Waals surface area contributed by atoms with E-state index in [0.717, 1.165) is 36.1 Å². The monoisotopic (exact) mass is 313 g/mol. The Labute approximate surface area is 115 Å². The van der Waals surface area contributed by atoms with Crippen LogP contribution in [0.25, 0.3) is 0 Å². The molecule has 1 aromatic carbocycles. The normalized spacial score (nSPS) is 16.9. The Morgan fingerprint density at radius 2 is 2.11 bits per heavy atom. The molecule has 1 aliphatic heterocycles. The van der Waals surface area contributed by atoms with Crippen LogP contribution in [-0.2, 0) is 4.74 Å². The minimum Gasteiger partial charge on any atom is -0.478 e. The lowest BCUT2D eigenvalue weighted by atomic mass is 10.1. The number of carboxylic acids is 1. The summed E-state index contributed by atoms with van der Waals surface area (Å²) in [6.07, 6.45) is 2.35. The van der Waals surface area contributed by atoms with Crippen molar-refractivity contribution < 1.29 is 14.6 Å². The van der Waals surface area contributed by atoms with Gasteiger partial charge in [0.05, 0.1) is 17.4 Å². The van der Waals surface area contributed by atoms with Gasteiger partial charge in [0.2, 0.25) is 0 Å². The molecule has 1 N–H and O–H groups in total. The molecule has 1 aromatic rings. The second kappa shape index (κ2) is 5.71. The van der Waals surface area contributed by atoms with Crippen LogP contribution in [0.3, 0.4) is 0 Å². The van der Waals surface area contributed by atoms with E-state index < -0.39 is 5.97 Å². The minimum absolute atomic E-state index is 0.303. The highest BCUT2D eigenvalue weighted by molar-refractivity contribution is 9.10. The summed E-state index contributed by atoms with van der Waals surface area (Å²) < 4.78 is 6.17. The molecule has 0 aromatic heterocycles. The quantitative estimate of drug-likeness (QED) is 0.932. The van der Waals surface area contributed by atoms with Crippen LogP contribution in [0.5, 0.6) is 0 Å². The van der Waals surface area contributed by atoms with Gasteiger partial charge in [-0.1, -0.05) is 0 Å². The van der Waals surface area contributed by atoms with Crippen LogP contribution in [0.4, 0.5) is 5.69 Å². The van der Waals surface area contributed by atoms with Crippen LogP contribution < -0.4 is 4.90 Å². The highest BCUT2D eigenvalue weighted by Gasteiger charge is 2.20. The van der Waals surface area contributed by atoms with Gasteiger partial charge in [-0.25, -0.2) is 4.79 Å². The van der Waals surface area contributed by atoms with Crippen LogP contribution in [0.2, 0.25) is 0 Å². The van der Waals surface area contributed by atoms with Gasteiger partial charge in [0.25, 0.3) is 0 Å². The molecule has 2 rings (SSSR count). The molecule has 0 aliphatic carbocycles. The summed E-state index contributed by atoms with van der Waals surface area (Å²) in [7, 11) is 1.75. The lowest BCUT2D eigenvalue weighted by molar-refractivity contribution is 0.0697. The molecule has 0 unspecified atom stereocenters. The average molecular weight is 314 g/mol. The first kappa shape index (κ1) is 13.4. The fourth-order valence-corrected chi connectivity index (χ4v) is 2.86. The molecule has 0 atom stereocenters. The van der Waals surface area contributed by atoms with Crippen molar-refractivity contribution in [2.75, 3.05) is 25.1 Å². The molecule has 1 fully saturated rings. The van der Waals surface area contributed by atoms with Crippen molar-refractivity contribution in [3.8, 4) is 0 Å². The molecule has 5 heteroatoms. The number of halogens is 1. The van der Waals surface area contributed by atoms with Crippen LogP contribution in [0, 0.1) is 0 Å². The fourth-order valence-electron chi connectivity index (χ4n) is 2.23. The zero-order valence-electron chi connectivity index (χ0n) is 10.2. The second-order valence-electron chi connectivity index (χ2n) is 4.39. The minimum atomic E-state index is -0.902. The van der Waals surface area contributed by atoms with Gasteiger partial charge in [-0.05, 0) is 47.0 Å². The molecule has 0 bridgehead atoms. The van der Waals surface area contributed by atoms with Crippen LogP contribution in [-0.4, -0.2) is 37.4 Å². The summed E-state index contributed by atoms with van der Waals surface area (Å²) >= 11 is 3.45. The predicted molar refractivity (Wildman–Crippen MR) is 73.3 cm³/mol. The topological polar surface area (TPSA) is 49.8 Å². The van der Waals surface area contributed by atoms with Crippen molar-refractivity contribution in [2.24, 2.45) is 0 Å². The number of benzene rings is 1. The highest BCUT2D eigenvalue weighted by atomic mass is 79.9. The number of carbonyl (C=O) groups is 1. The molecule has 0 amide bonds. The number of ether oxygens (including phenoxy) is 1. The first-order valence-electron chi connectivity index (χ1n) is 5.92. The molecule has 0 radical (unpaired) electrons. The van der Waals surface area contributed by atoms with Gasteiger partial charge < -0.3 is 14.7 Å². The lowest BCUT2D eigenvalue weighted by Crippen LogP contribution is -2.36. The Bertz CT molecular complexity index is 442. The van der Waals surface area contributed by atoms with E-state index in [9.17, 15) is 4.79 Å². The summed E-state index contributed by atoms with van der Waals surface area (Å²) in [6.45, 7) is 1.87. The van der Waals surface area contributed by atoms with Crippen molar-refractivity contribution in [1.82, 2.24) is 0 Å². The first-order chi connectivity index (χ1) is 8.61. The number of rotatable bonds is 3. The van der Waals surface area contributed by atoms with E-state index in [-0.39, 0.29) is 0 Å². The average Bonchev–Trinajstić information content (AvgIpc) is 2.38. The summed E-state index contributed by atoms with van der Waals surface area (Å²) in [5, 5.41) is 8.93. The van der Waals surface area contributed by atoms with Gasteiger partial charge in [0.15, 0.2) is 0 Å². The number of hydrogen-bond acceptors (Lipinski definition) is 3. The third-order valence-corrected chi connectivity index (χ3v) is 3.95. The SMILES string of the molecule is COC1CCN(c2ccc(C(=O)O)cc2Br)CC1. The standard InChI is InChI=1S/C13H16BrNO3/c1-18-10-4-6-15(7-5-10)12-3-2-9(13(16)17)8-11(12)14/h2-3,8,10H,4-7H2,1H3,(H,16,17). The van der Waals surface area contributed by atoms with Crippen molar-refractivity contribution in [3.63, 3.8) is 0 Å². The summed E-state index contributed by atoms with van der Waals surface area (Å²) in [5.74, 6) is -0.902. The van der Waals surface area contributed by atoms with Gasteiger partial charge in [-0.3, -0.25) is 0 Å². The number of hydrogen-bond donors (Lipinski definition) is 1. The second-order valence-corrected chi connectivity index (χ2v) is 5.25. The zero-order chi connectivity index (χ0) is 13.1. The third-order valence-electron chi connectivity index (χ3n) is 3.31. The first-order valence-corrected chi connectivity index (χ1v) is 6.71. The van der Waals surface area contributed by atoms with Gasteiger partial charge in [0, 0.05) is 24.7 Å². The Morgan fingerprint density at radius 3 is 2.61 bits per heavy atom. The van der Waals surface area contributed by atoms with Crippen LogP contribution in [0.1, 0.15) is 23.2 Å². The number of nitrogens with zero attached hydrogens (tertiary/aromatic N) is 1. The number of piperidine rings is 1. The molecule has 1 aliphatic rings. The van der Waals surface area contributed by atoms with Crippen molar-refractivity contribution in [1.29, 1.82) is 0 Å². The smallest absolute Gasteiger partial charge is 0.335 e. The number of carboxylic acid groups (broad SMARTS) is 1. The number of anilines is 1. The largest absolute Gasteiger partial charge is 0.478 e. The van der Waals surface area contributed by atoms with Gasteiger partial charge in [-0.15, -0.1) is 0 Å². The predicted octanol–water partition coefficient (Wildman–Crippen LogP) is 2.76. The van der Waals surface area contributed by atoms with Crippen LogP contribution >= 0.6 is 15.9 Å². The number of aromatic carboxylic acids is 1. The fraction of sp³-hybridized carbons (Fsp3) is 0.462. The van der Waals surface area contributed by atoms with E-state index in [2.05, 4.69) is 20.8 Å². The van der Waals surface area contributed by atoms with Crippen LogP contribution in [0.15, 0.2) is 22.7 Å². The van der Waals surface area contributed by atoms with Crippen molar-refractivity contribution >= 4 is 27.6 Å². The van der Waals surface area contributed by atoms with E-state index in [0.29, 0.717) is 11.7 Å². The Hall–Kier alpha value is -1.07. The lowest BCUT2D eigenvalue weighted by Gasteiger charge is -2.33. The van der Waals surface area contributed by atoms with E-state index >= 15 is 0 Å². The molecule has 1 heterocycles. The Morgan fingerprint density at radius 1 is 1.44 bits per heavy atom. The Kier molecular flexibility index (Phi) is 4.24. The van der Waals surface area contributed by atoms with Crippen molar-refractivity contribution in [3.05, 3.63) is 28.2 Å². The van der Waals surface area contributed by atoms with E-state index in [1.54, 1.807) is 19.2 Å². The maximum Gasteiger partial charge on any atom is 0.335 e. The maximum absolute atomic E-state index is 10.9.